The van der Waals surface area contributed by atoms with Crippen LogP contribution in [0.2, 0.25) is 0 Å². The first-order valence-electron chi connectivity index (χ1n) is 9.88. The Morgan fingerprint density at radius 3 is 1.97 bits per heavy atom. The number of rotatable bonds is 11. The molecule has 0 amide bonds. The number of aromatic nitrogens is 1. The van der Waals surface area contributed by atoms with E-state index in [-0.39, 0.29) is 35.7 Å². The monoisotopic (exact) mass is 462 g/mol. The molecule has 1 heterocycles. The summed E-state index contributed by atoms with van der Waals surface area (Å²) in [6, 6.07) is 3.20. The maximum absolute atomic E-state index is 11.6. The van der Waals surface area contributed by atoms with Gasteiger partial charge in [0.15, 0.2) is 0 Å². The van der Waals surface area contributed by atoms with Gasteiger partial charge in [-0.1, -0.05) is 25.8 Å². The Kier molecular flexibility index (Phi) is 11.0. The molecule has 3 N–H and O–H groups in total. The molecule has 1 aliphatic carbocycles. The van der Waals surface area contributed by atoms with Crippen LogP contribution in [0.15, 0.2) is 18.3 Å². The first-order chi connectivity index (χ1) is 13.8. The number of aliphatic carboxylic acids is 3. The standard InChI is InChI=1S/C20H29N3O6.Mn/c1-2-14-6-5-9-21-15(14)10-22(11-18(24)25)16-7-3-4-8-17(16)23(12-19(26)27)13-20(28)29;/h5-6,9,16-17H,2-4,7-8,10-13H2,1H3,(H,24,25)(H,26,27)(H,28,29);/q;+2/t16-,17?;/m0./s1. The van der Waals surface area contributed by atoms with E-state index in [0.29, 0.717) is 19.4 Å². The molecule has 2 atom stereocenters. The van der Waals surface area contributed by atoms with E-state index in [1.54, 1.807) is 6.20 Å². The minimum absolute atomic E-state index is 0. The third-order valence-corrected chi connectivity index (χ3v) is 5.37. The molecule has 0 bridgehead atoms. The van der Waals surface area contributed by atoms with Gasteiger partial charge in [-0.3, -0.25) is 29.2 Å². The van der Waals surface area contributed by atoms with Crippen molar-refractivity contribution in [3.8, 4) is 0 Å². The van der Waals surface area contributed by atoms with Gasteiger partial charge in [-0.15, -0.1) is 0 Å². The van der Waals surface area contributed by atoms with Gasteiger partial charge in [-0.05, 0) is 30.9 Å². The molecule has 30 heavy (non-hydrogen) atoms. The van der Waals surface area contributed by atoms with Gasteiger partial charge in [0.05, 0.1) is 25.3 Å². The van der Waals surface area contributed by atoms with Crippen molar-refractivity contribution in [2.75, 3.05) is 19.6 Å². The van der Waals surface area contributed by atoms with Gasteiger partial charge in [0, 0.05) is 24.8 Å². The Labute approximate surface area is 186 Å². The van der Waals surface area contributed by atoms with Crippen LogP contribution in [0.5, 0.6) is 0 Å². The van der Waals surface area contributed by atoms with Gasteiger partial charge in [-0.25, -0.2) is 0 Å². The summed E-state index contributed by atoms with van der Waals surface area (Å²) < 4.78 is 0. The first kappa shape index (κ1) is 26.0. The average molecular weight is 462 g/mol. The topological polar surface area (TPSA) is 131 Å². The van der Waals surface area contributed by atoms with Gasteiger partial charge in [0.25, 0.3) is 0 Å². The van der Waals surface area contributed by atoms with Crippen molar-refractivity contribution in [2.45, 2.75) is 57.7 Å². The number of nitrogens with zero attached hydrogens (tertiary/aromatic N) is 3. The molecule has 1 aliphatic rings. The van der Waals surface area contributed by atoms with Gasteiger partial charge in [0.1, 0.15) is 0 Å². The van der Waals surface area contributed by atoms with Gasteiger partial charge < -0.3 is 15.3 Å². The fraction of sp³-hybridized carbons (Fsp3) is 0.600. The Balaban J connectivity index is 0.00000450. The van der Waals surface area contributed by atoms with Crippen LogP contribution in [0, 0.1) is 0 Å². The Bertz CT molecular complexity index is 716. The molecule has 1 radical (unpaired) electrons. The molecule has 2 rings (SSSR count). The molecular formula is C20H29MnN3O6+2. The van der Waals surface area contributed by atoms with Crippen LogP contribution in [-0.2, 0) is 44.4 Å². The molecule has 0 saturated heterocycles. The fourth-order valence-corrected chi connectivity index (χ4v) is 4.17. The maximum Gasteiger partial charge on any atom is 2.00 e. The summed E-state index contributed by atoms with van der Waals surface area (Å²) in [4.78, 5) is 41.9. The van der Waals surface area contributed by atoms with Crippen molar-refractivity contribution in [3.63, 3.8) is 0 Å². The minimum atomic E-state index is -1.10. The van der Waals surface area contributed by atoms with E-state index in [1.165, 1.54) is 4.90 Å². The third-order valence-electron chi connectivity index (χ3n) is 5.37. The van der Waals surface area contributed by atoms with Gasteiger partial charge in [-0.2, -0.15) is 0 Å². The predicted molar refractivity (Wildman–Crippen MR) is 105 cm³/mol. The fourth-order valence-electron chi connectivity index (χ4n) is 4.17. The quantitative estimate of drug-likeness (QED) is 0.417. The van der Waals surface area contributed by atoms with E-state index >= 15 is 0 Å². The molecule has 1 unspecified atom stereocenters. The molecule has 0 aliphatic heterocycles. The molecule has 0 aromatic carbocycles. The van der Waals surface area contributed by atoms with E-state index in [2.05, 4.69) is 4.98 Å². The molecule has 165 valence electrons. The van der Waals surface area contributed by atoms with E-state index in [1.807, 2.05) is 24.0 Å². The molecule has 1 fully saturated rings. The molecule has 1 saturated carbocycles. The van der Waals surface area contributed by atoms with Crippen molar-refractivity contribution in [1.82, 2.24) is 14.8 Å². The number of pyridine rings is 1. The smallest absolute Gasteiger partial charge is 0.480 e. The number of carboxylic acids is 3. The second-order valence-electron chi connectivity index (χ2n) is 7.37. The number of carbonyl (C=O) groups is 3. The Morgan fingerprint density at radius 1 is 0.967 bits per heavy atom. The number of hydrogen-bond donors (Lipinski definition) is 3. The Hall–Kier alpha value is -2.00. The zero-order valence-corrected chi connectivity index (χ0v) is 18.2. The summed E-state index contributed by atoms with van der Waals surface area (Å²) in [6.45, 7) is 1.34. The second-order valence-corrected chi connectivity index (χ2v) is 7.37. The second kappa shape index (κ2) is 12.6. The molecule has 1 aromatic heterocycles. The van der Waals surface area contributed by atoms with E-state index in [0.717, 1.165) is 30.5 Å². The summed E-state index contributed by atoms with van der Waals surface area (Å²) >= 11 is 0. The predicted octanol–water partition coefficient (Wildman–Crippen LogP) is 1.31. The number of hydrogen-bond acceptors (Lipinski definition) is 6. The zero-order chi connectivity index (χ0) is 21.4. The average Bonchev–Trinajstić information content (AvgIpc) is 2.66. The van der Waals surface area contributed by atoms with Crippen molar-refractivity contribution in [2.24, 2.45) is 0 Å². The molecule has 10 heteroatoms. The van der Waals surface area contributed by atoms with Gasteiger partial charge >= 0.3 is 35.0 Å². The summed E-state index contributed by atoms with van der Waals surface area (Å²) in [5.41, 5.74) is 1.83. The zero-order valence-electron chi connectivity index (χ0n) is 17.0. The van der Waals surface area contributed by atoms with Crippen LogP contribution in [0.4, 0.5) is 0 Å². The summed E-state index contributed by atoms with van der Waals surface area (Å²) in [7, 11) is 0. The van der Waals surface area contributed by atoms with E-state index < -0.39 is 31.0 Å². The Morgan fingerprint density at radius 2 is 1.47 bits per heavy atom. The third kappa shape index (κ3) is 7.68. The maximum atomic E-state index is 11.6. The summed E-state index contributed by atoms with van der Waals surface area (Å²) in [6.07, 6.45) is 5.48. The van der Waals surface area contributed by atoms with Crippen LogP contribution in [0.25, 0.3) is 0 Å². The van der Waals surface area contributed by atoms with Crippen LogP contribution in [0.1, 0.15) is 43.9 Å². The van der Waals surface area contributed by atoms with Gasteiger partial charge in [0.2, 0.25) is 0 Å². The van der Waals surface area contributed by atoms with Crippen LogP contribution in [0.3, 0.4) is 0 Å². The van der Waals surface area contributed by atoms with E-state index in [9.17, 15) is 29.7 Å². The van der Waals surface area contributed by atoms with Crippen molar-refractivity contribution >= 4 is 17.9 Å². The summed E-state index contributed by atoms with van der Waals surface area (Å²) in [5, 5.41) is 28.0. The molecular weight excluding hydrogens is 433 g/mol. The summed E-state index contributed by atoms with van der Waals surface area (Å²) in [5.74, 6) is -3.18. The van der Waals surface area contributed by atoms with Crippen LogP contribution >= 0.6 is 0 Å². The largest absolute Gasteiger partial charge is 2.00 e. The van der Waals surface area contributed by atoms with Crippen LogP contribution < -0.4 is 0 Å². The van der Waals surface area contributed by atoms with Crippen LogP contribution in [-0.4, -0.2) is 79.7 Å². The minimum Gasteiger partial charge on any atom is -0.480 e. The molecule has 1 aromatic rings. The SMILES string of the molecule is CCc1cccnc1CN(CC(=O)O)[C@H]1CCCCC1N(CC(=O)O)CC(=O)O.[Mn+2]. The van der Waals surface area contributed by atoms with Crippen molar-refractivity contribution < 1.29 is 46.8 Å². The molecule has 0 spiro atoms. The van der Waals surface area contributed by atoms with E-state index in [4.69, 9.17) is 0 Å². The number of carboxylic acid groups (broad SMARTS) is 3. The normalized spacial score (nSPS) is 18.8. The number of aryl methyl sites for hydroxylation is 1. The first-order valence-corrected chi connectivity index (χ1v) is 9.88. The molecule has 9 nitrogen and oxygen atoms in total. The van der Waals surface area contributed by atoms with Crippen molar-refractivity contribution in [3.05, 3.63) is 29.6 Å². The van der Waals surface area contributed by atoms with Crippen molar-refractivity contribution in [1.29, 1.82) is 0 Å².